The van der Waals surface area contributed by atoms with Crippen LogP contribution in [0.15, 0.2) is 43.0 Å². The van der Waals surface area contributed by atoms with Crippen molar-refractivity contribution in [3.05, 3.63) is 47.8 Å². The van der Waals surface area contributed by atoms with Gasteiger partial charge in [-0.25, -0.2) is 4.68 Å². The zero-order valence-corrected chi connectivity index (χ0v) is 13.6. The summed E-state index contributed by atoms with van der Waals surface area (Å²) in [5.41, 5.74) is 1.09. The average molecular weight is 314 g/mol. The summed E-state index contributed by atoms with van der Waals surface area (Å²) in [6, 6.07) is 10.2. The lowest BCUT2D eigenvalue weighted by atomic mass is 10.1. The summed E-state index contributed by atoms with van der Waals surface area (Å²) in [7, 11) is 0. The van der Waals surface area contributed by atoms with Crippen molar-refractivity contribution in [2.75, 3.05) is 13.1 Å². The van der Waals surface area contributed by atoms with Gasteiger partial charge in [-0.1, -0.05) is 42.8 Å². The van der Waals surface area contributed by atoms with Crippen LogP contribution < -0.4 is 0 Å². The first kappa shape index (κ1) is 15.2. The molecule has 1 fully saturated rings. The topological polar surface area (TPSA) is 26.0 Å². The van der Waals surface area contributed by atoms with E-state index in [1.807, 2.05) is 29.0 Å². The highest BCUT2D eigenvalue weighted by molar-refractivity contribution is 7.71. The number of aromatic nitrogens is 3. The minimum absolute atomic E-state index is 0.684. The van der Waals surface area contributed by atoms with Gasteiger partial charge < -0.3 is 0 Å². The third-order valence-electron chi connectivity index (χ3n) is 4.05. The molecule has 2 heterocycles. The minimum Gasteiger partial charge on any atom is -0.296 e. The van der Waals surface area contributed by atoms with Gasteiger partial charge in [-0.2, -0.15) is 5.10 Å². The maximum atomic E-state index is 5.64. The van der Waals surface area contributed by atoms with Gasteiger partial charge in [-0.3, -0.25) is 9.47 Å². The maximum Gasteiger partial charge on any atom is 0.199 e. The first-order valence-electron chi connectivity index (χ1n) is 7.86. The van der Waals surface area contributed by atoms with E-state index in [4.69, 9.17) is 17.3 Å². The van der Waals surface area contributed by atoms with Crippen molar-refractivity contribution in [3.63, 3.8) is 0 Å². The SMILES string of the molecule is C=CCn1c(-c2ccccc2)nn(CN2CCCCC2)c1=S. The Kier molecular flexibility index (Phi) is 4.85. The van der Waals surface area contributed by atoms with E-state index in [2.05, 4.69) is 28.2 Å². The first-order valence-corrected chi connectivity index (χ1v) is 8.27. The number of likely N-dealkylation sites (tertiary alicyclic amines) is 1. The zero-order chi connectivity index (χ0) is 15.4. The molecule has 0 atom stereocenters. The third kappa shape index (κ3) is 3.20. The van der Waals surface area contributed by atoms with Gasteiger partial charge in [0, 0.05) is 12.1 Å². The summed E-state index contributed by atoms with van der Waals surface area (Å²) in [5.74, 6) is 0.919. The van der Waals surface area contributed by atoms with Crippen molar-refractivity contribution < 1.29 is 0 Å². The number of nitrogens with zero attached hydrogens (tertiary/aromatic N) is 4. The third-order valence-corrected chi connectivity index (χ3v) is 4.48. The Bertz CT molecular complexity index is 680. The molecule has 0 aliphatic carbocycles. The van der Waals surface area contributed by atoms with Crippen molar-refractivity contribution in [3.8, 4) is 11.4 Å². The van der Waals surface area contributed by atoms with E-state index in [1.165, 1.54) is 19.3 Å². The van der Waals surface area contributed by atoms with Crippen LogP contribution in [0.1, 0.15) is 19.3 Å². The average Bonchev–Trinajstić information content (AvgIpc) is 2.87. The van der Waals surface area contributed by atoms with Gasteiger partial charge in [0.25, 0.3) is 0 Å². The monoisotopic (exact) mass is 314 g/mol. The van der Waals surface area contributed by atoms with Gasteiger partial charge in [0.15, 0.2) is 10.6 Å². The fourth-order valence-electron chi connectivity index (χ4n) is 2.92. The molecule has 3 rings (SSSR count). The Morgan fingerprint density at radius 1 is 1.14 bits per heavy atom. The molecule has 1 aliphatic heterocycles. The van der Waals surface area contributed by atoms with Crippen LogP contribution in [0.5, 0.6) is 0 Å². The number of allylic oxidation sites excluding steroid dienone is 1. The molecule has 0 bridgehead atoms. The van der Waals surface area contributed by atoms with Crippen LogP contribution in [0, 0.1) is 4.77 Å². The fraction of sp³-hybridized carbons (Fsp3) is 0.412. The van der Waals surface area contributed by atoms with Crippen LogP contribution >= 0.6 is 12.2 Å². The molecule has 0 unspecified atom stereocenters. The second-order valence-electron chi connectivity index (χ2n) is 5.69. The molecule has 1 aromatic carbocycles. The normalized spacial score (nSPS) is 15.8. The smallest absolute Gasteiger partial charge is 0.199 e. The summed E-state index contributed by atoms with van der Waals surface area (Å²) >= 11 is 5.64. The Labute approximate surface area is 136 Å². The molecule has 22 heavy (non-hydrogen) atoms. The number of hydrogen-bond donors (Lipinski definition) is 0. The predicted octanol–water partition coefficient (Wildman–Crippen LogP) is 3.71. The van der Waals surface area contributed by atoms with Crippen molar-refractivity contribution in [2.24, 2.45) is 0 Å². The lowest BCUT2D eigenvalue weighted by Crippen LogP contribution is -2.32. The van der Waals surface area contributed by atoms with Gasteiger partial charge in [-0.15, -0.1) is 6.58 Å². The Morgan fingerprint density at radius 2 is 1.86 bits per heavy atom. The molecule has 1 aliphatic rings. The van der Waals surface area contributed by atoms with E-state index in [1.54, 1.807) is 0 Å². The number of benzene rings is 1. The summed E-state index contributed by atoms with van der Waals surface area (Å²) in [4.78, 5) is 2.43. The molecular formula is C17H22N4S. The molecule has 0 N–H and O–H groups in total. The first-order chi connectivity index (χ1) is 10.8. The Balaban J connectivity index is 1.94. The largest absolute Gasteiger partial charge is 0.296 e. The van der Waals surface area contributed by atoms with E-state index in [0.717, 1.165) is 35.9 Å². The summed E-state index contributed by atoms with van der Waals surface area (Å²) < 4.78 is 4.78. The fourth-order valence-corrected chi connectivity index (χ4v) is 3.18. The molecule has 0 spiro atoms. The van der Waals surface area contributed by atoms with Gasteiger partial charge in [0.2, 0.25) is 0 Å². The molecule has 1 aromatic heterocycles. The van der Waals surface area contributed by atoms with Gasteiger partial charge >= 0.3 is 0 Å². The van der Waals surface area contributed by atoms with Crippen molar-refractivity contribution in [1.29, 1.82) is 0 Å². The summed E-state index contributed by atoms with van der Waals surface area (Å²) in [6.45, 7) is 7.58. The standard InChI is InChI=1S/C17H22N4S/c1-2-11-20-16(15-9-5-3-6-10-15)18-21(17(20)22)14-19-12-7-4-8-13-19/h2-3,5-6,9-10H,1,4,7-8,11-14H2. The Morgan fingerprint density at radius 3 is 2.55 bits per heavy atom. The van der Waals surface area contributed by atoms with Crippen molar-refractivity contribution >= 4 is 12.2 Å². The highest BCUT2D eigenvalue weighted by Crippen LogP contribution is 2.19. The van der Waals surface area contributed by atoms with Crippen LogP contribution in [-0.2, 0) is 13.2 Å². The molecule has 2 aromatic rings. The minimum atomic E-state index is 0.684. The number of rotatable bonds is 5. The van der Waals surface area contributed by atoms with Crippen molar-refractivity contribution in [1.82, 2.24) is 19.2 Å². The second-order valence-corrected chi connectivity index (χ2v) is 6.06. The molecule has 0 saturated carbocycles. The van der Waals surface area contributed by atoms with Crippen LogP contribution in [0.4, 0.5) is 0 Å². The second kappa shape index (κ2) is 7.03. The van der Waals surface area contributed by atoms with E-state index in [0.29, 0.717) is 6.54 Å². The molecular weight excluding hydrogens is 292 g/mol. The van der Waals surface area contributed by atoms with E-state index in [-0.39, 0.29) is 0 Å². The molecule has 0 amide bonds. The molecule has 116 valence electrons. The van der Waals surface area contributed by atoms with Gasteiger partial charge in [0.05, 0.1) is 6.67 Å². The Hall–Kier alpha value is -1.72. The quantitative estimate of drug-likeness (QED) is 0.621. The lowest BCUT2D eigenvalue weighted by molar-refractivity contribution is 0.172. The van der Waals surface area contributed by atoms with Crippen molar-refractivity contribution in [2.45, 2.75) is 32.5 Å². The lowest BCUT2D eigenvalue weighted by Gasteiger charge is -2.25. The number of piperidine rings is 1. The molecule has 5 heteroatoms. The molecule has 0 radical (unpaired) electrons. The highest BCUT2D eigenvalue weighted by atomic mass is 32.1. The van der Waals surface area contributed by atoms with Crippen LogP contribution in [0.2, 0.25) is 0 Å². The van der Waals surface area contributed by atoms with Gasteiger partial charge in [-0.05, 0) is 38.1 Å². The highest BCUT2D eigenvalue weighted by Gasteiger charge is 2.15. The van der Waals surface area contributed by atoms with Crippen LogP contribution in [-0.4, -0.2) is 32.3 Å². The maximum absolute atomic E-state index is 5.64. The zero-order valence-electron chi connectivity index (χ0n) is 12.8. The summed E-state index contributed by atoms with van der Waals surface area (Å²) in [6.07, 6.45) is 5.75. The molecule has 4 nitrogen and oxygen atoms in total. The van der Waals surface area contributed by atoms with E-state index >= 15 is 0 Å². The van der Waals surface area contributed by atoms with Gasteiger partial charge in [0.1, 0.15) is 0 Å². The molecule has 1 saturated heterocycles. The predicted molar refractivity (Wildman–Crippen MR) is 92.1 cm³/mol. The van der Waals surface area contributed by atoms with Crippen LogP contribution in [0.25, 0.3) is 11.4 Å². The summed E-state index contributed by atoms with van der Waals surface area (Å²) in [5, 5.41) is 4.78. The van der Waals surface area contributed by atoms with E-state index < -0.39 is 0 Å². The van der Waals surface area contributed by atoms with Crippen LogP contribution in [0.3, 0.4) is 0 Å². The number of hydrogen-bond acceptors (Lipinski definition) is 3. The van der Waals surface area contributed by atoms with E-state index in [9.17, 15) is 0 Å².